The summed E-state index contributed by atoms with van der Waals surface area (Å²) < 4.78 is 69.7. The highest BCUT2D eigenvalue weighted by atomic mass is 32.1. The van der Waals surface area contributed by atoms with Crippen LogP contribution in [0.5, 0.6) is 6.01 Å². The Balaban J connectivity index is 1.30. The van der Waals surface area contributed by atoms with E-state index in [1.165, 1.54) is 17.4 Å². The summed E-state index contributed by atoms with van der Waals surface area (Å²) in [5.74, 6) is 0.0800. The molecular formula is C30H36F4N6O3S. The van der Waals surface area contributed by atoms with Crippen LogP contribution in [0.1, 0.15) is 49.5 Å². The molecule has 2 aromatic heterocycles. The van der Waals surface area contributed by atoms with Crippen LogP contribution in [0.4, 0.5) is 34.1 Å². The summed E-state index contributed by atoms with van der Waals surface area (Å²) >= 11 is 1.17. The van der Waals surface area contributed by atoms with Crippen LogP contribution in [0.15, 0.2) is 18.2 Å². The molecule has 0 bridgehead atoms. The minimum atomic E-state index is -2.57. The summed E-state index contributed by atoms with van der Waals surface area (Å²) in [6.07, 6.45) is -2.88. The first-order valence-electron chi connectivity index (χ1n) is 15.1. The van der Waals surface area contributed by atoms with Crippen LogP contribution in [-0.4, -0.2) is 90.2 Å². The number of alkyl halides is 3. The molecule has 2 fully saturated rings. The second kappa shape index (κ2) is 11.5. The summed E-state index contributed by atoms with van der Waals surface area (Å²) in [5, 5.41) is 11.3. The van der Waals surface area contributed by atoms with Crippen LogP contribution in [0.3, 0.4) is 0 Å². The number of aliphatic hydroxyl groups excluding tert-OH is 1. The molecule has 0 aliphatic carbocycles. The number of hydrogen-bond donors (Lipinski definition) is 2. The number of ether oxygens (including phenoxy) is 2. The van der Waals surface area contributed by atoms with Crippen LogP contribution in [-0.2, 0) is 11.3 Å². The van der Waals surface area contributed by atoms with E-state index in [0.717, 1.165) is 25.1 Å². The van der Waals surface area contributed by atoms with Crippen molar-refractivity contribution in [3.8, 4) is 6.01 Å². The first kappa shape index (κ1) is 29.8. The maximum absolute atomic E-state index is 14.7. The molecule has 3 N–H and O–H groups in total. The zero-order chi connectivity index (χ0) is 30.7. The van der Waals surface area contributed by atoms with Crippen molar-refractivity contribution >= 4 is 37.9 Å². The first-order chi connectivity index (χ1) is 21.1. The first-order valence-corrected chi connectivity index (χ1v) is 15.9. The number of nitrogens with zero attached hydrogens (tertiary/aromatic N) is 5. The van der Waals surface area contributed by atoms with Crippen molar-refractivity contribution in [1.82, 2.24) is 14.9 Å². The normalized spacial score (nSPS) is 28.8. The van der Waals surface area contributed by atoms with Crippen LogP contribution in [0, 0.1) is 5.82 Å². The second-order valence-corrected chi connectivity index (χ2v) is 13.5. The van der Waals surface area contributed by atoms with E-state index in [2.05, 4.69) is 4.90 Å². The van der Waals surface area contributed by atoms with Gasteiger partial charge in [0.1, 0.15) is 30.5 Å². The monoisotopic (exact) mass is 636 g/mol. The number of rotatable bonds is 7. The summed E-state index contributed by atoms with van der Waals surface area (Å²) in [7, 11) is 1.72. The lowest BCUT2D eigenvalue weighted by Gasteiger charge is -2.43. The van der Waals surface area contributed by atoms with E-state index >= 15 is 0 Å². The third kappa shape index (κ3) is 5.23. The Labute approximate surface area is 256 Å². The maximum atomic E-state index is 14.7. The Morgan fingerprint density at radius 1 is 1.27 bits per heavy atom. The molecule has 14 heteroatoms. The summed E-state index contributed by atoms with van der Waals surface area (Å²) in [6, 6.07) is 4.29. The number of aromatic nitrogens is 2. The Bertz CT molecular complexity index is 1550. The van der Waals surface area contributed by atoms with Crippen molar-refractivity contribution in [3.05, 3.63) is 35.3 Å². The number of halogens is 4. The van der Waals surface area contributed by atoms with Gasteiger partial charge in [0, 0.05) is 55.7 Å². The van der Waals surface area contributed by atoms with E-state index in [4.69, 9.17) is 25.2 Å². The van der Waals surface area contributed by atoms with Crippen molar-refractivity contribution in [2.24, 2.45) is 0 Å². The van der Waals surface area contributed by atoms with E-state index in [0.29, 0.717) is 58.2 Å². The lowest BCUT2D eigenvalue weighted by molar-refractivity contribution is -0.0515. The van der Waals surface area contributed by atoms with Crippen molar-refractivity contribution in [1.29, 1.82) is 0 Å². The predicted molar refractivity (Wildman–Crippen MR) is 160 cm³/mol. The number of anilines is 3. The average molecular weight is 637 g/mol. The number of thiophene rings is 1. The van der Waals surface area contributed by atoms with Crippen LogP contribution in [0.25, 0.3) is 10.1 Å². The van der Waals surface area contributed by atoms with Gasteiger partial charge < -0.3 is 30.1 Å². The summed E-state index contributed by atoms with van der Waals surface area (Å²) in [6.45, 7) is 1.71. The largest absolute Gasteiger partial charge is 0.461 e. The van der Waals surface area contributed by atoms with Gasteiger partial charge >= 0.3 is 6.01 Å². The smallest absolute Gasteiger partial charge is 0.318 e. The zero-order valence-electron chi connectivity index (χ0n) is 24.4. The van der Waals surface area contributed by atoms with E-state index in [1.807, 2.05) is 4.90 Å². The summed E-state index contributed by atoms with van der Waals surface area (Å²) in [4.78, 5) is 15.5. The second-order valence-electron chi connectivity index (χ2n) is 12.4. The highest BCUT2D eigenvalue weighted by Gasteiger charge is 2.49. The Kier molecular flexibility index (Phi) is 7.74. The molecule has 4 aliphatic rings. The zero-order valence-corrected chi connectivity index (χ0v) is 25.2. The predicted octanol–water partition coefficient (Wildman–Crippen LogP) is 4.67. The van der Waals surface area contributed by atoms with Gasteiger partial charge in [-0.1, -0.05) is 0 Å². The molecule has 0 saturated carbocycles. The summed E-state index contributed by atoms with van der Waals surface area (Å²) in [5.41, 5.74) is 7.63. The number of hydrogen-bond acceptors (Lipinski definition) is 10. The SMILES string of the molecule is CN1c2nc(OC[C@@]34CCCN3C[C@H](F)C4)nc3c2C(CN(c2ccc(F)c4sc(N)cc24)C3)OC(CO)CC1CC(F)F. The van der Waals surface area contributed by atoms with Gasteiger partial charge in [0.25, 0.3) is 0 Å². The Hall–Kier alpha value is -2.94. The van der Waals surface area contributed by atoms with Gasteiger partial charge in [0.15, 0.2) is 0 Å². The van der Waals surface area contributed by atoms with Crippen LogP contribution >= 0.6 is 11.3 Å². The van der Waals surface area contributed by atoms with Gasteiger partial charge in [0.2, 0.25) is 6.43 Å². The maximum Gasteiger partial charge on any atom is 0.318 e. The lowest BCUT2D eigenvalue weighted by Crippen LogP contribution is -2.46. The molecule has 238 valence electrons. The fourth-order valence-electron chi connectivity index (χ4n) is 7.61. The number of nitrogens with two attached hydrogens (primary N) is 1. The van der Waals surface area contributed by atoms with Crippen LogP contribution in [0.2, 0.25) is 0 Å². The fraction of sp³-hybridized carbons (Fsp3) is 0.600. The van der Waals surface area contributed by atoms with Crippen molar-refractivity contribution in [2.75, 3.05) is 55.4 Å². The molecule has 44 heavy (non-hydrogen) atoms. The van der Waals surface area contributed by atoms with Crippen molar-refractivity contribution in [3.63, 3.8) is 0 Å². The van der Waals surface area contributed by atoms with Gasteiger partial charge in [-0.15, -0.1) is 11.3 Å². The highest BCUT2D eigenvalue weighted by molar-refractivity contribution is 7.22. The highest BCUT2D eigenvalue weighted by Crippen LogP contribution is 2.45. The average Bonchev–Trinajstić information content (AvgIpc) is 3.65. The third-order valence-electron chi connectivity index (χ3n) is 9.66. The van der Waals surface area contributed by atoms with Gasteiger partial charge in [-0.05, 0) is 44.0 Å². The number of nitrogen functional groups attached to an aromatic ring is 1. The molecule has 0 amide bonds. The molecule has 4 aliphatic heterocycles. The number of aliphatic hydroxyl groups is 1. The fourth-order valence-corrected chi connectivity index (χ4v) is 8.47. The van der Waals surface area contributed by atoms with E-state index in [9.17, 15) is 22.7 Å². The molecule has 6 heterocycles. The molecule has 0 radical (unpaired) electrons. The van der Waals surface area contributed by atoms with Gasteiger partial charge in [0.05, 0.1) is 40.2 Å². The molecule has 7 rings (SSSR count). The molecular weight excluding hydrogens is 600 g/mol. The topological polar surface area (TPSA) is 100 Å². The standard InChI is InChI=1S/C30H36F4N6O3S/c1-38-17(8-24(33)34)7-18(14-41)43-23-13-39(22-4-3-20(32)27-19(22)9-25(35)44-27)12-21-26(23)28(38)37-29(36-21)42-15-30-5-2-6-40(30)11-16(31)10-30/h3-4,9,16-18,23-24,41H,2,5-8,10-15,35H2,1H3/t16-,17?,18?,23?,30+/m1/s1. The Morgan fingerprint density at radius 2 is 2.11 bits per heavy atom. The van der Waals surface area contributed by atoms with Gasteiger partial charge in [-0.2, -0.15) is 9.97 Å². The minimum absolute atomic E-state index is 0.0915. The minimum Gasteiger partial charge on any atom is -0.461 e. The Morgan fingerprint density at radius 3 is 2.91 bits per heavy atom. The number of benzene rings is 1. The number of fused-ring (bicyclic) bond motifs is 2. The van der Waals surface area contributed by atoms with E-state index < -0.39 is 42.8 Å². The van der Waals surface area contributed by atoms with Gasteiger partial charge in [-0.25, -0.2) is 17.6 Å². The van der Waals surface area contributed by atoms with E-state index in [-0.39, 0.29) is 31.5 Å². The van der Waals surface area contributed by atoms with Gasteiger partial charge in [-0.3, -0.25) is 4.90 Å². The molecule has 3 aromatic rings. The van der Waals surface area contributed by atoms with Crippen molar-refractivity contribution < 1.29 is 32.1 Å². The quantitative estimate of drug-likeness (QED) is 0.359. The molecule has 1 aromatic carbocycles. The molecule has 2 saturated heterocycles. The molecule has 9 nitrogen and oxygen atoms in total. The third-order valence-corrected chi connectivity index (χ3v) is 10.6. The van der Waals surface area contributed by atoms with E-state index in [1.54, 1.807) is 24.1 Å². The molecule has 5 atom stereocenters. The molecule has 0 spiro atoms. The van der Waals surface area contributed by atoms with Crippen molar-refractivity contribution in [2.45, 2.75) is 75.0 Å². The lowest BCUT2D eigenvalue weighted by atomic mass is 9.95. The molecule has 3 unspecified atom stereocenters. The van der Waals surface area contributed by atoms with Crippen LogP contribution < -0.4 is 20.3 Å².